The molecule has 21 rings (SSSR count). The van der Waals surface area contributed by atoms with Crippen molar-refractivity contribution in [3.05, 3.63) is 181 Å². The van der Waals surface area contributed by atoms with E-state index in [1.165, 1.54) is 36.7 Å². The molecule has 750 valence electrons. The van der Waals surface area contributed by atoms with Crippen LogP contribution in [-0.2, 0) is 43.0 Å². The summed E-state index contributed by atoms with van der Waals surface area (Å²) in [7, 11) is 1.61. The van der Waals surface area contributed by atoms with Crippen LogP contribution in [0.25, 0.3) is 34.2 Å². The fourth-order valence-corrected chi connectivity index (χ4v) is 20.3. The smallest absolute Gasteiger partial charge is 0.245 e. The number of nitrogens with zero attached hydrogens (tertiary/aromatic N) is 19. The highest BCUT2D eigenvalue weighted by atomic mass is 19.2. The Balaban J connectivity index is 0.000000137. The van der Waals surface area contributed by atoms with Crippen LogP contribution in [0.3, 0.4) is 0 Å². The van der Waals surface area contributed by atoms with E-state index >= 15 is 13.2 Å². The van der Waals surface area contributed by atoms with Gasteiger partial charge in [0.15, 0.2) is 59.9 Å². The number of carbonyl (C=O) groups excluding carboxylic acids is 6. The Bertz CT molecular complexity index is 6000. The van der Waals surface area contributed by atoms with E-state index < -0.39 is 90.4 Å². The first-order chi connectivity index (χ1) is 70.0. The normalized spacial score (nSPS) is 24.5. The average Bonchev–Trinajstić information content (AvgIpc) is 1.58. The van der Waals surface area contributed by atoms with Crippen LogP contribution >= 0.6 is 0 Å². The number of piperazine rings is 3. The molecule has 10 saturated heterocycles. The van der Waals surface area contributed by atoms with Crippen LogP contribution in [0.15, 0.2) is 164 Å². The number of hydrogen-bond acceptors (Lipinski definition) is 30. The van der Waals surface area contributed by atoms with Gasteiger partial charge in [0.05, 0.1) is 94.1 Å². The quantitative estimate of drug-likeness (QED) is 0.0473. The second-order valence-corrected chi connectivity index (χ2v) is 38.4. The summed E-state index contributed by atoms with van der Waals surface area (Å²) in [5, 5.41) is 39.7. The zero-order valence-corrected chi connectivity index (χ0v) is 79.8. The van der Waals surface area contributed by atoms with E-state index in [2.05, 4.69) is 130 Å². The van der Waals surface area contributed by atoms with Crippen molar-refractivity contribution in [1.29, 1.82) is 15.8 Å². The van der Waals surface area contributed by atoms with Crippen molar-refractivity contribution in [2.45, 2.75) is 131 Å². The summed E-state index contributed by atoms with van der Waals surface area (Å²) in [4.78, 5) is 121. The predicted octanol–water partition coefficient (Wildman–Crippen LogP) is 11.0. The number of likely N-dealkylation sites (tertiary alicyclic amines) is 4. The monoisotopic (exact) mass is 1970 g/mol. The number of hydrogen-bond donors (Lipinski definition) is 3. The maximum atomic E-state index is 15.3. The molecule has 13 heterocycles. The maximum Gasteiger partial charge on any atom is 0.245 e. The number of alkyl halides is 5. The highest BCUT2D eigenvalue weighted by molar-refractivity contribution is 5.94. The molecule has 11 atom stereocenters. The van der Waals surface area contributed by atoms with Gasteiger partial charge in [-0.3, -0.25) is 43.5 Å². The van der Waals surface area contributed by atoms with Gasteiger partial charge in [-0.15, -0.1) is 0 Å². The first-order valence-electron chi connectivity index (χ1n) is 49.4. The predicted molar refractivity (Wildman–Crippen MR) is 523 cm³/mol. The van der Waals surface area contributed by atoms with Crippen molar-refractivity contribution in [3.63, 3.8) is 0 Å². The third-order valence-corrected chi connectivity index (χ3v) is 29.2. The lowest BCUT2D eigenvalue weighted by atomic mass is 10.0. The first kappa shape index (κ1) is 98.6. The lowest BCUT2D eigenvalue weighted by molar-refractivity contribution is -0.143. The fraction of sp³-hybridized carbons (Fsp3) is 0.457. The molecule has 2 aliphatic carbocycles. The Morgan fingerprint density at radius 3 is 0.951 bits per heavy atom. The van der Waals surface area contributed by atoms with Gasteiger partial charge in [0.25, 0.3) is 0 Å². The van der Waals surface area contributed by atoms with Crippen molar-refractivity contribution in [2.75, 3.05) is 195 Å². The van der Waals surface area contributed by atoms with Gasteiger partial charge in [-0.1, -0.05) is 0 Å². The van der Waals surface area contributed by atoms with Gasteiger partial charge in [0.2, 0.25) is 23.6 Å². The Kier molecular flexibility index (Phi) is 30.7. The number of nitriles is 3. The van der Waals surface area contributed by atoms with E-state index in [1.807, 2.05) is 36.4 Å². The van der Waals surface area contributed by atoms with Crippen LogP contribution < -0.4 is 44.9 Å². The number of halogens is 5. The number of aromatic nitrogens is 6. The van der Waals surface area contributed by atoms with Crippen molar-refractivity contribution in [3.8, 4) is 69.6 Å². The van der Waals surface area contributed by atoms with E-state index in [4.69, 9.17) is 28.4 Å². The topological polar surface area (TPSA) is 375 Å². The van der Waals surface area contributed by atoms with Crippen LogP contribution in [-0.4, -0.2) is 337 Å². The number of piperidine rings is 3. The third kappa shape index (κ3) is 23.0. The second-order valence-electron chi connectivity index (χ2n) is 38.4. The number of carbonyl (C=O) groups is 6. The molecule has 0 unspecified atom stereocenters. The minimum absolute atomic E-state index is 0.0743. The van der Waals surface area contributed by atoms with Crippen LogP contribution in [0, 0.1) is 45.8 Å². The Labute approximate surface area is 830 Å². The molecular formula is C105H113F5N22O12. The number of ether oxygens (including phenoxy) is 6. The number of anilines is 9. The van der Waals surface area contributed by atoms with Crippen LogP contribution in [0.4, 0.5) is 73.5 Å². The molecule has 10 aliphatic heterocycles. The van der Waals surface area contributed by atoms with E-state index in [0.29, 0.717) is 89.1 Å². The summed E-state index contributed by atoms with van der Waals surface area (Å²) in [6.07, 6.45) is -4.44. The number of benzene rings is 6. The van der Waals surface area contributed by atoms with E-state index in [0.717, 1.165) is 135 Å². The van der Waals surface area contributed by atoms with E-state index in [-0.39, 0.29) is 123 Å². The molecule has 39 heteroatoms. The number of Topliss-reactive ketones (excluding diaryl/α,β-unsaturated/α-hetero) is 2. The molecule has 3 N–H and O–H groups in total. The Hall–Kier alpha value is -14.1. The van der Waals surface area contributed by atoms with Gasteiger partial charge in [-0.2, -0.15) is 15.8 Å². The molecule has 6 aromatic carbocycles. The largest absolute Gasteiger partial charge is 0.486 e. The molecule has 9 aromatic rings. The van der Waals surface area contributed by atoms with Crippen molar-refractivity contribution < 1.29 is 79.1 Å². The summed E-state index contributed by atoms with van der Waals surface area (Å²) in [6.45, 7) is 17.4. The molecule has 0 bridgehead atoms. The molecule has 12 aliphatic rings. The summed E-state index contributed by atoms with van der Waals surface area (Å²) >= 11 is 0. The minimum Gasteiger partial charge on any atom is -0.486 e. The Morgan fingerprint density at radius 1 is 0.389 bits per heavy atom. The molecule has 0 radical (unpaired) electrons. The van der Waals surface area contributed by atoms with Gasteiger partial charge in [-0.25, -0.2) is 51.9 Å². The lowest BCUT2D eigenvalue weighted by Gasteiger charge is -2.43. The highest BCUT2D eigenvalue weighted by Gasteiger charge is 2.46. The summed E-state index contributed by atoms with van der Waals surface area (Å²) in [5.41, 5.74) is 8.67. The molecule has 3 aromatic heterocycles. The average molecular weight is 1970 g/mol. The highest BCUT2D eigenvalue weighted by Crippen LogP contribution is 2.39. The van der Waals surface area contributed by atoms with Gasteiger partial charge in [0.1, 0.15) is 77.3 Å². The SMILES string of the molecule is CN1C(=O)CC[C@H]1C(=O)N1CC[C@H](Oc2ccc(-c3nccc(Nc4ccc(N5CCN(C6COC6)CC5)cc4)n3)cc2C#N)[C@H](F)C1.N#Cc1cc(-c2nccc(Nc3ccc(N4CCN(C5COC5)CC4)cc3)n2)ccc1O[C@H]1CCN(C(=O)[C@H]2CC(=O)[C@@H](F)C2)C[C@H]1F.N#Cc1cc(-c2nccc(Nc3ccc(N4CCN(C5COC5)CC4)cc3)n2)ccc1O[C@H]1CCN(C(=O)[C@H]2CC(=O)[C@H](F)C2)C[C@H]1F. The number of rotatable bonds is 24. The second kappa shape index (κ2) is 44.8. The molecule has 12 fully saturated rings. The number of likely N-dealkylation sites (N-methyl/N-ethyl adjacent to an activating group) is 1. The minimum atomic E-state index is -1.63. The van der Waals surface area contributed by atoms with Gasteiger partial charge in [0, 0.05) is 225 Å². The Morgan fingerprint density at radius 2 is 0.694 bits per heavy atom. The number of amides is 4. The summed E-state index contributed by atoms with van der Waals surface area (Å²) in [5.74, 6) is 0.0230. The van der Waals surface area contributed by atoms with Crippen molar-refractivity contribution in [1.82, 2.24) is 64.2 Å². The molecule has 34 nitrogen and oxygen atoms in total. The zero-order valence-electron chi connectivity index (χ0n) is 79.8. The van der Waals surface area contributed by atoms with Gasteiger partial charge in [-0.05, 0) is 165 Å². The number of nitrogens with one attached hydrogen (secondary N) is 3. The molecular weight excluding hydrogens is 1860 g/mol. The van der Waals surface area contributed by atoms with Crippen LogP contribution in [0.1, 0.15) is 74.5 Å². The number of ketones is 2. The van der Waals surface area contributed by atoms with Crippen LogP contribution in [0.2, 0.25) is 0 Å². The third-order valence-electron chi connectivity index (χ3n) is 29.2. The zero-order chi connectivity index (χ0) is 99.6. The standard InChI is InChI=1S/2C35H37F2N7O4.C35H39FN8O4/c2*36-28-16-23(17-30(28)45)35(46)44-10-8-32(29(37)19-44)48-31-6-1-22(15-24(31)18-38)34-39-9-7-33(41-34)40-25-2-4-26(5-3-25)42-11-13-43(14-12-42)27-20-47-21-27;1-41-29(7-9-33(41)45)35(46)44-13-11-31(28(36)20-44)48-30-8-2-23(18-24(30)19-37)34-38-12-10-32(40-34)39-25-3-5-26(6-4-25)42-14-16-43(17-15-42)27-21-47-22-27/h2*1-7,9,15,23,27-29,32H,8,10-14,16-17,19-21H2,(H,39,40,41);2-6,8,10,12,18,27-29,31H,7,9,11,13-17,20-22H2,1H3,(H,38,39,40)/t23-,28+,29-,32+;23-,28-,29-,32+;28-,29+,31+/m111/s1. The van der Waals surface area contributed by atoms with Crippen molar-refractivity contribution in [2.24, 2.45) is 11.8 Å². The maximum absolute atomic E-state index is 15.3. The molecule has 144 heavy (non-hydrogen) atoms. The molecule has 4 amide bonds. The first-order valence-corrected chi connectivity index (χ1v) is 49.4. The fourth-order valence-electron chi connectivity index (χ4n) is 20.3. The summed E-state index contributed by atoms with van der Waals surface area (Å²) in [6, 6.07) is 52.6. The van der Waals surface area contributed by atoms with Gasteiger partial charge < -0.3 is 78.7 Å². The lowest BCUT2D eigenvalue weighted by Crippen LogP contribution is -2.56. The molecule has 2 saturated carbocycles. The van der Waals surface area contributed by atoms with E-state index in [1.54, 1.807) is 98.4 Å². The molecule has 0 spiro atoms. The summed E-state index contributed by atoms with van der Waals surface area (Å²) < 4.78 is 107. The van der Waals surface area contributed by atoms with Crippen molar-refractivity contribution >= 4 is 86.8 Å². The van der Waals surface area contributed by atoms with Crippen LogP contribution in [0.5, 0.6) is 17.2 Å². The van der Waals surface area contributed by atoms with Gasteiger partial charge >= 0.3 is 0 Å². The van der Waals surface area contributed by atoms with E-state index in [9.17, 15) is 53.3 Å².